The third-order valence-corrected chi connectivity index (χ3v) is 3.42. The molecule has 18 heavy (non-hydrogen) atoms. The fourth-order valence-electron chi connectivity index (χ4n) is 2.32. The molecule has 1 saturated heterocycles. The van der Waals surface area contributed by atoms with Crippen molar-refractivity contribution in [1.29, 1.82) is 0 Å². The van der Waals surface area contributed by atoms with Gasteiger partial charge in [0.15, 0.2) is 0 Å². The predicted octanol–water partition coefficient (Wildman–Crippen LogP) is 1.90. The highest BCUT2D eigenvalue weighted by molar-refractivity contribution is 6.30. The lowest BCUT2D eigenvalue weighted by molar-refractivity contribution is -0.137. The van der Waals surface area contributed by atoms with Crippen LogP contribution in [-0.4, -0.2) is 36.8 Å². The summed E-state index contributed by atoms with van der Waals surface area (Å²) in [5.41, 5.74) is 2.26. The number of carbonyl (C=O) groups is 1. The molecule has 1 aromatic rings. The van der Waals surface area contributed by atoms with E-state index in [2.05, 4.69) is 10.2 Å². The molecule has 1 fully saturated rings. The number of aliphatic carboxylic acids is 1. The molecule has 0 radical (unpaired) electrons. The summed E-state index contributed by atoms with van der Waals surface area (Å²) >= 11 is 6.02. The summed E-state index contributed by atoms with van der Waals surface area (Å²) in [6, 6.07) is 5.80. The van der Waals surface area contributed by atoms with Crippen LogP contribution in [0.25, 0.3) is 0 Å². The molecule has 1 aliphatic heterocycles. The number of carboxylic acid groups (broad SMARTS) is 1. The van der Waals surface area contributed by atoms with E-state index in [9.17, 15) is 4.79 Å². The summed E-state index contributed by atoms with van der Waals surface area (Å²) in [4.78, 5) is 13.0. The number of piperazine rings is 1. The topological polar surface area (TPSA) is 52.6 Å². The lowest BCUT2D eigenvalue weighted by Crippen LogP contribution is -2.51. The van der Waals surface area contributed by atoms with Crippen LogP contribution in [0.1, 0.15) is 12.0 Å². The minimum absolute atomic E-state index is 0.00497. The second-order valence-corrected chi connectivity index (χ2v) is 5.06. The van der Waals surface area contributed by atoms with Crippen LogP contribution in [0.15, 0.2) is 18.2 Å². The van der Waals surface area contributed by atoms with Crippen LogP contribution in [0.5, 0.6) is 0 Å². The summed E-state index contributed by atoms with van der Waals surface area (Å²) in [5.74, 6) is -0.767. The summed E-state index contributed by atoms with van der Waals surface area (Å²) in [6.07, 6.45) is 0.149. The highest BCUT2D eigenvalue weighted by Gasteiger charge is 2.22. The first kappa shape index (κ1) is 13.2. The van der Waals surface area contributed by atoms with E-state index in [1.54, 1.807) is 0 Å². The van der Waals surface area contributed by atoms with E-state index in [0.29, 0.717) is 11.6 Å². The molecule has 4 nitrogen and oxygen atoms in total. The number of benzene rings is 1. The Morgan fingerprint density at radius 1 is 1.61 bits per heavy atom. The van der Waals surface area contributed by atoms with Crippen LogP contribution in [0.2, 0.25) is 5.02 Å². The minimum atomic E-state index is -0.767. The minimum Gasteiger partial charge on any atom is -0.481 e. The Balaban J connectivity index is 2.12. The van der Waals surface area contributed by atoms with Crippen molar-refractivity contribution in [3.05, 3.63) is 28.8 Å². The van der Waals surface area contributed by atoms with Crippen molar-refractivity contribution in [3.8, 4) is 0 Å². The molecule has 1 aromatic carbocycles. The van der Waals surface area contributed by atoms with E-state index in [1.165, 1.54) is 0 Å². The average molecular weight is 269 g/mol. The molecule has 0 aliphatic carbocycles. The molecule has 1 heterocycles. The number of hydrogen-bond acceptors (Lipinski definition) is 3. The van der Waals surface area contributed by atoms with Crippen LogP contribution < -0.4 is 10.2 Å². The van der Waals surface area contributed by atoms with Gasteiger partial charge in [-0.15, -0.1) is 0 Å². The van der Waals surface area contributed by atoms with Crippen molar-refractivity contribution in [2.75, 3.05) is 24.5 Å². The lowest BCUT2D eigenvalue weighted by Gasteiger charge is -2.35. The Kier molecular flexibility index (Phi) is 4.09. The van der Waals surface area contributed by atoms with Crippen LogP contribution in [-0.2, 0) is 4.79 Å². The molecule has 5 heteroatoms. The number of aryl methyl sites for hydroxylation is 1. The Morgan fingerprint density at radius 3 is 3.11 bits per heavy atom. The molecular weight excluding hydrogens is 252 g/mol. The van der Waals surface area contributed by atoms with Gasteiger partial charge >= 0.3 is 5.97 Å². The number of anilines is 1. The number of halogens is 1. The number of nitrogens with one attached hydrogen (secondary N) is 1. The Bertz CT molecular complexity index is 451. The zero-order valence-electron chi connectivity index (χ0n) is 10.3. The fraction of sp³-hybridized carbons (Fsp3) is 0.462. The van der Waals surface area contributed by atoms with Gasteiger partial charge in [-0.25, -0.2) is 0 Å². The van der Waals surface area contributed by atoms with Crippen molar-refractivity contribution in [3.63, 3.8) is 0 Å². The Morgan fingerprint density at radius 2 is 2.39 bits per heavy atom. The first-order chi connectivity index (χ1) is 8.56. The summed E-state index contributed by atoms with van der Waals surface area (Å²) in [6.45, 7) is 4.41. The van der Waals surface area contributed by atoms with Gasteiger partial charge in [0.1, 0.15) is 0 Å². The third-order valence-electron chi connectivity index (χ3n) is 3.19. The van der Waals surface area contributed by atoms with Gasteiger partial charge < -0.3 is 15.3 Å². The first-order valence-electron chi connectivity index (χ1n) is 6.02. The molecule has 0 bridgehead atoms. The number of nitrogens with zero attached hydrogens (tertiary/aromatic N) is 1. The van der Waals surface area contributed by atoms with Crippen molar-refractivity contribution in [1.82, 2.24) is 5.32 Å². The van der Waals surface area contributed by atoms with Crippen LogP contribution >= 0.6 is 11.6 Å². The zero-order valence-corrected chi connectivity index (χ0v) is 11.1. The molecular formula is C13H17ClN2O2. The van der Waals surface area contributed by atoms with E-state index in [0.717, 1.165) is 24.3 Å². The molecule has 0 spiro atoms. The highest BCUT2D eigenvalue weighted by Crippen LogP contribution is 2.25. The van der Waals surface area contributed by atoms with Crippen molar-refractivity contribution >= 4 is 23.3 Å². The Hall–Kier alpha value is -1.26. The van der Waals surface area contributed by atoms with E-state index in [-0.39, 0.29) is 12.5 Å². The maximum Gasteiger partial charge on any atom is 0.304 e. The van der Waals surface area contributed by atoms with Crippen LogP contribution in [0.3, 0.4) is 0 Å². The quantitative estimate of drug-likeness (QED) is 0.879. The van der Waals surface area contributed by atoms with E-state index >= 15 is 0 Å². The Labute approximate surface area is 112 Å². The van der Waals surface area contributed by atoms with E-state index in [1.807, 2.05) is 25.1 Å². The number of hydrogen-bond donors (Lipinski definition) is 2. The molecule has 0 amide bonds. The van der Waals surface area contributed by atoms with Crippen molar-refractivity contribution in [2.45, 2.75) is 19.4 Å². The summed E-state index contributed by atoms with van der Waals surface area (Å²) < 4.78 is 0. The molecule has 2 N–H and O–H groups in total. The van der Waals surface area contributed by atoms with Gasteiger partial charge in [0, 0.05) is 36.4 Å². The molecule has 0 aromatic heterocycles. The molecule has 2 rings (SSSR count). The third kappa shape index (κ3) is 3.15. The van der Waals surface area contributed by atoms with Gasteiger partial charge in [-0.1, -0.05) is 17.7 Å². The van der Waals surface area contributed by atoms with Gasteiger partial charge in [-0.2, -0.15) is 0 Å². The zero-order chi connectivity index (χ0) is 13.1. The largest absolute Gasteiger partial charge is 0.481 e. The van der Waals surface area contributed by atoms with E-state index < -0.39 is 5.97 Å². The second-order valence-electron chi connectivity index (χ2n) is 4.63. The van der Waals surface area contributed by atoms with Gasteiger partial charge in [0.05, 0.1) is 6.42 Å². The molecule has 0 saturated carbocycles. The average Bonchev–Trinajstić information content (AvgIpc) is 2.32. The SMILES string of the molecule is Cc1ccc(Cl)cc1N1CCNC(CC(=O)O)C1. The van der Waals surface area contributed by atoms with E-state index in [4.69, 9.17) is 16.7 Å². The predicted molar refractivity (Wildman–Crippen MR) is 72.4 cm³/mol. The maximum absolute atomic E-state index is 10.8. The summed E-state index contributed by atoms with van der Waals surface area (Å²) in [5, 5.41) is 12.8. The smallest absolute Gasteiger partial charge is 0.304 e. The first-order valence-corrected chi connectivity index (χ1v) is 6.40. The highest BCUT2D eigenvalue weighted by atomic mass is 35.5. The lowest BCUT2D eigenvalue weighted by atomic mass is 10.1. The molecule has 1 atom stereocenters. The van der Waals surface area contributed by atoms with Crippen LogP contribution in [0, 0.1) is 6.92 Å². The van der Waals surface area contributed by atoms with Crippen molar-refractivity contribution in [2.24, 2.45) is 0 Å². The van der Waals surface area contributed by atoms with Gasteiger partial charge in [-0.05, 0) is 24.6 Å². The number of carboxylic acids is 1. The monoisotopic (exact) mass is 268 g/mol. The molecule has 1 aliphatic rings. The van der Waals surface area contributed by atoms with Gasteiger partial charge in [0.25, 0.3) is 0 Å². The fourth-order valence-corrected chi connectivity index (χ4v) is 2.48. The normalized spacial score (nSPS) is 19.9. The van der Waals surface area contributed by atoms with Gasteiger partial charge in [0.2, 0.25) is 0 Å². The maximum atomic E-state index is 10.8. The number of rotatable bonds is 3. The molecule has 98 valence electrons. The molecule has 1 unspecified atom stereocenters. The van der Waals surface area contributed by atoms with Crippen LogP contribution in [0.4, 0.5) is 5.69 Å². The standard InChI is InChI=1S/C13H17ClN2O2/c1-9-2-3-10(14)6-12(9)16-5-4-15-11(8-16)7-13(17)18/h2-3,6,11,15H,4-5,7-8H2,1H3,(H,17,18). The van der Waals surface area contributed by atoms with Gasteiger partial charge in [-0.3, -0.25) is 4.79 Å². The van der Waals surface area contributed by atoms with Crippen molar-refractivity contribution < 1.29 is 9.90 Å². The second kappa shape index (κ2) is 5.59. The summed E-state index contributed by atoms with van der Waals surface area (Å²) in [7, 11) is 0.